The smallest absolute Gasteiger partial charge is 0.339 e. The van der Waals surface area contributed by atoms with Gasteiger partial charge in [0.2, 0.25) is 0 Å². The summed E-state index contributed by atoms with van der Waals surface area (Å²) in [6.07, 6.45) is 0.0591. The normalized spacial score (nSPS) is 24.1. The van der Waals surface area contributed by atoms with Gasteiger partial charge in [-0.15, -0.1) is 0 Å². The van der Waals surface area contributed by atoms with Gasteiger partial charge in [-0.1, -0.05) is 0 Å². The molecule has 0 spiro atoms. The van der Waals surface area contributed by atoms with Crippen molar-refractivity contribution in [3.8, 4) is 11.5 Å². The van der Waals surface area contributed by atoms with Crippen LogP contribution in [0.3, 0.4) is 0 Å². The molecule has 1 saturated carbocycles. The molecule has 1 aromatic carbocycles. The highest BCUT2D eigenvalue weighted by Gasteiger charge is 2.40. The first-order valence-electron chi connectivity index (χ1n) is 7.24. The molecular weight excluding hydrogens is 310 g/mol. The van der Waals surface area contributed by atoms with Crippen molar-refractivity contribution in [1.29, 1.82) is 0 Å². The first-order chi connectivity index (χ1) is 10.8. The number of benzene rings is 1. The van der Waals surface area contributed by atoms with Gasteiger partial charge in [-0.05, 0) is 32.6 Å². The van der Waals surface area contributed by atoms with Gasteiger partial charge >= 0.3 is 5.97 Å². The zero-order chi connectivity index (χ0) is 17.2. The summed E-state index contributed by atoms with van der Waals surface area (Å²) >= 11 is 0. The van der Waals surface area contributed by atoms with Crippen LogP contribution < -0.4 is 9.47 Å². The number of carbonyl (C=O) groups excluding carboxylic acids is 1. The van der Waals surface area contributed by atoms with E-state index in [1.807, 2.05) is 0 Å². The zero-order valence-electron chi connectivity index (χ0n) is 12.9. The quantitative estimate of drug-likeness (QED) is 0.899. The predicted octanol–water partition coefficient (Wildman–Crippen LogP) is 3.15. The standard InChI is InChI=1S/C16H18F2O5/c1-9(19)16(18)5-3-10(4-6-16)23-14-7-11(15(20)21)13(22-2)8-12(14)17/h7-8,10H,3-6H2,1-2H3,(H,20,21)/t10-,16-. The van der Waals surface area contributed by atoms with E-state index in [2.05, 4.69) is 0 Å². The average Bonchev–Trinajstić information content (AvgIpc) is 2.50. The van der Waals surface area contributed by atoms with Crippen LogP contribution in [0.2, 0.25) is 0 Å². The Bertz CT molecular complexity index is 621. The van der Waals surface area contributed by atoms with Crippen LogP contribution in [0, 0.1) is 5.82 Å². The van der Waals surface area contributed by atoms with Crippen molar-refractivity contribution in [2.45, 2.75) is 44.4 Å². The van der Waals surface area contributed by atoms with Crippen LogP contribution in [-0.4, -0.2) is 35.7 Å². The SMILES string of the molecule is COc1cc(F)c(O[C@H]2CC[C@@](F)(C(C)=O)CC2)cc1C(=O)O. The van der Waals surface area contributed by atoms with Crippen molar-refractivity contribution in [1.82, 2.24) is 0 Å². The third-order valence-electron chi connectivity index (χ3n) is 4.13. The second-order valence-corrected chi connectivity index (χ2v) is 5.63. The minimum atomic E-state index is -1.84. The fourth-order valence-corrected chi connectivity index (χ4v) is 2.66. The fourth-order valence-electron chi connectivity index (χ4n) is 2.66. The van der Waals surface area contributed by atoms with E-state index in [9.17, 15) is 18.4 Å². The van der Waals surface area contributed by atoms with Crippen molar-refractivity contribution >= 4 is 11.8 Å². The maximum atomic E-state index is 14.2. The van der Waals surface area contributed by atoms with E-state index in [0.29, 0.717) is 0 Å². The molecule has 1 aliphatic rings. The lowest BCUT2D eigenvalue weighted by molar-refractivity contribution is -0.131. The van der Waals surface area contributed by atoms with E-state index < -0.39 is 29.3 Å². The lowest BCUT2D eigenvalue weighted by Gasteiger charge is -2.32. The van der Waals surface area contributed by atoms with E-state index in [4.69, 9.17) is 14.6 Å². The van der Waals surface area contributed by atoms with E-state index in [1.54, 1.807) is 0 Å². The van der Waals surface area contributed by atoms with E-state index >= 15 is 0 Å². The molecule has 0 amide bonds. The number of hydrogen-bond donors (Lipinski definition) is 1. The molecule has 0 saturated heterocycles. The Balaban J connectivity index is 2.14. The van der Waals surface area contributed by atoms with Crippen LogP contribution in [0.15, 0.2) is 12.1 Å². The zero-order valence-corrected chi connectivity index (χ0v) is 12.9. The first-order valence-corrected chi connectivity index (χ1v) is 7.24. The number of ether oxygens (including phenoxy) is 2. The van der Waals surface area contributed by atoms with Crippen LogP contribution in [0.25, 0.3) is 0 Å². The summed E-state index contributed by atoms with van der Waals surface area (Å²) < 4.78 is 38.5. The van der Waals surface area contributed by atoms with E-state index in [0.717, 1.165) is 12.1 Å². The molecule has 2 rings (SSSR count). The number of halogens is 2. The minimum Gasteiger partial charge on any atom is -0.496 e. The molecule has 0 aromatic heterocycles. The summed E-state index contributed by atoms with van der Waals surface area (Å²) in [7, 11) is 1.24. The van der Waals surface area contributed by atoms with Gasteiger partial charge < -0.3 is 14.6 Å². The summed E-state index contributed by atoms with van der Waals surface area (Å²) in [5.74, 6) is -2.86. The van der Waals surface area contributed by atoms with Gasteiger partial charge in [-0.25, -0.2) is 13.6 Å². The Labute approximate surface area is 132 Å². The van der Waals surface area contributed by atoms with Gasteiger partial charge in [-0.3, -0.25) is 4.79 Å². The molecule has 1 N–H and O–H groups in total. The summed E-state index contributed by atoms with van der Waals surface area (Å²) in [6.45, 7) is 1.21. The number of rotatable bonds is 5. The second-order valence-electron chi connectivity index (χ2n) is 5.63. The summed E-state index contributed by atoms with van der Waals surface area (Å²) in [5, 5.41) is 9.10. The molecular formula is C16H18F2O5. The summed E-state index contributed by atoms with van der Waals surface area (Å²) in [4.78, 5) is 22.4. The highest BCUT2D eigenvalue weighted by Crippen LogP contribution is 2.36. The van der Waals surface area contributed by atoms with Gasteiger partial charge in [0, 0.05) is 12.1 Å². The van der Waals surface area contributed by atoms with Crippen molar-refractivity contribution in [3.63, 3.8) is 0 Å². The molecule has 5 nitrogen and oxygen atoms in total. The largest absolute Gasteiger partial charge is 0.496 e. The molecule has 1 fully saturated rings. The number of carboxylic acids is 1. The molecule has 0 radical (unpaired) electrons. The molecule has 126 valence electrons. The highest BCUT2D eigenvalue weighted by atomic mass is 19.1. The number of hydrogen-bond acceptors (Lipinski definition) is 4. The van der Waals surface area contributed by atoms with Crippen molar-refractivity contribution in [2.24, 2.45) is 0 Å². The average molecular weight is 328 g/mol. The number of ketones is 1. The summed E-state index contributed by atoms with van der Waals surface area (Å²) in [6, 6.07) is 2.00. The van der Waals surface area contributed by atoms with Crippen molar-refractivity contribution in [3.05, 3.63) is 23.5 Å². The molecule has 7 heteroatoms. The van der Waals surface area contributed by atoms with Crippen LogP contribution in [0.1, 0.15) is 43.0 Å². The maximum Gasteiger partial charge on any atom is 0.339 e. The topological polar surface area (TPSA) is 72.8 Å². The third-order valence-corrected chi connectivity index (χ3v) is 4.13. The third kappa shape index (κ3) is 3.60. The molecule has 23 heavy (non-hydrogen) atoms. The number of aromatic carboxylic acids is 1. The fraction of sp³-hybridized carbons (Fsp3) is 0.500. The Morgan fingerprint density at radius 2 is 1.87 bits per heavy atom. The van der Waals surface area contributed by atoms with Crippen LogP contribution in [-0.2, 0) is 4.79 Å². The number of methoxy groups -OCH3 is 1. The lowest BCUT2D eigenvalue weighted by atomic mass is 9.82. The van der Waals surface area contributed by atoms with E-state index in [-0.39, 0.29) is 42.7 Å². The van der Waals surface area contributed by atoms with Gasteiger partial charge in [0.15, 0.2) is 23.0 Å². The Kier molecular flexibility index (Phi) is 4.87. The summed E-state index contributed by atoms with van der Waals surface area (Å²) in [5.41, 5.74) is -2.06. The van der Waals surface area contributed by atoms with Crippen LogP contribution in [0.4, 0.5) is 8.78 Å². The minimum absolute atomic E-state index is 0.0105. The van der Waals surface area contributed by atoms with Crippen LogP contribution in [0.5, 0.6) is 11.5 Å². The number of carboxylic acid groups (broad SMARTS) is 1. The van der Waals surface area contributed by atoms with E-state index in [1.165, 1.54) is 14.0 Å². The first kappa shape index (κ1) is 17.2. The molecule has 1 aliphatic carbocycles. The molecule has 1 aromatic rings. The monoisotopic (exact) mass is 328 g/mol. The number of Topliss-reactive ketones (excluding diaryl/α,β-unsaturated/α-hetero) is 1. The molecule has 0 heterocycles. The Morgan fingerprint density at radius 1 is 1.26 bits per heavy atom. The highest BCUT2D eigenvalue weighted by molar-refractivity contribution is 5.91. The van der Waals surface area contributed by atoms with Gasteiger partial charge in [0.05, 0.1) is 13.2 Å². The van der Waals surface area contributed by atoms with Crippen molar-refractivity contribution < 1.29 is 33.0 Å². The van der Waals surface area contributed by atoms with Crippen LogP contribution >= 0.6 is 0 Å². The molecule has 0 bridgehead atoms. The maximum absolute atomic E-state index is 14.2. The number of carbonyl (C=O) groups is 2. The van der Waals surface area contributed by atoms with Crippen molar-refractivity contribution in [2.75, 3.05) is 7.11 Å². The molecule has 0 atom stereocenters. The van der Waals surface area contributed by atoms with Gasteiger partial charge in [0.1, 0.15) is 11.3 Å². The molecule has 0 unspecified atom stereocenters. The number of alkyl halides is 1. The second kappa shape index (κ2) is 6.52. The predicted molar refractivity (Wildman–Crippen MR) is 77.3 cm³/mol. The lowest BCUT2D eigenvalue weighted by Crippen LogP contribution is -2.39. The van der Waals surface area contributed by atoms with Gasteiger partial charge in [0.25, 0.3) is 0 Å². The van der Waals surface area contributed by atoms with Gasteiger partial charge in [-0.2, -0.15) is 0 Å². The Morgan fingerprint density at radius 3 is 2.35 bits per heavy atom. The molecule has 0 aliphatic heterocycles. The Hall–Kier alpha value is -2.18.